The lowest BCUT2D eigenvalue weighted by Crippen LogP contribution is -2.13. The van der Waals surface area contributed by atoms with E-state index in [1.807, 2.05) is 43.3 Å². The van der Waals surface area contributed by atoms with Gasteiger partial charge in [-0.2, -0.15) is 0 Å². The molecule has 0 saturated heterocycles. The third kappa shape index (κ3) is 4.09. The highest BCUT2D eigenvalue weighted by Gasteiger charge is 2.04. The van der Waals surface area contributed by atoms with Crippen molar-refractivity contribution in [1.82, 2.24) is 4.98 Å². The Morgan fingerprint density at radius 2 is 2.05 bits per heavy atom. The number of benzene rings is 1. The van der Waals surface area contributed by atoms with Crippen LogP contribution in [0.5, 0.6) is 5.75 Å². The van der Waals surface area contributed by atoms with Crippen molar-refractivity contribution >= 4 is 11.7 Å². The van der Waals surface area contributed by atoms with Crippen LogP contribution in [-0.4, -0.2) is 18.0 Å². The van der Waals surface area contributed by atoms with Gasteiger partial charge in [0, 0.05) is 12.1 Å². The number of carbonyl (C=O) groups is 1. The summed E-state index contributed by atoms with van der Waals surface area (Å²) < 4.78 is 5.16. The lowest BCUT2D eigenvalue weighted by Gasteiger charge is -2.06. The molecule has 0 bridgehead atoms. The second-order valence-corrected chi connectivity index (χ2v) is 4.56. The predicted octanol–water partition coefficient (Wildman–Crippen LogP) is 2.97. The van der Waals surface area contributed by atoms with Crippen molar-refractivity contribution in [3.63, 3.8) is 0 Å². The monoisotopic (exact) mass is 270 g/mol. The zero-order valence-electron chi connectivity index (χ0n) is 11.7. The van der Waals surface area contributed by atoms with Gasteiger partial charge in [0.05, 0.1) is 7.11 Å². The van der Waals surface area contributed by atoms with Crippen molar-refractivity contribution < 1.29 is 9.53 Å². The molecule has 0 spiro atoms. The number of anilines is 1. The quantitative estimate of drug-likeness (QED) is 0.908. The zero-order valence-corrected chi connectivity index (χ0v) is 11.7. The molecule has 1 amide bonds. The number of methoxy groups -OCH3 is 1. The Kier molecular flexibility index (Phi) is 4.71. The lowest BCUT2D eigenvalue weighted by atomic mass is 10.1. The number of hydrogen-bond acceptors (Lipinski definition) is 3. The number of aromatic nitrogens is 1. The third-order valence-electron chi connectivity index (χ3n) is 2.93. The number of carbonyl (C=O) groups excluding carboxylic acids is 1. The number of nitrogens with one attached hydrogen (secondary N) is 1. The minimum Gasteiger partial charge on any atom is -0.497 e. The average Bonchev–Trinajstić information content (AvgIpc) is 2.45. The first-order valence-corrected chi connectivity index (χ1v) is 6.54. The SMILES string of the molecule is COc1cccc(CCC(=O)Nc2cccc(C)n2)c1. The Hall–Kier alpha value is -2.36. The number of pyridine rings is 1. The molecule has 0 aliphatic rings. The molecule has 2 rings (SSSR count). The summed E-state index contributed by atoms with van der Waals surface area (Å²) in [5.41, 5.74) is 1.97. The van der Waals surface area contributed by atoms with E-state index in [-0.39, 0.29) is 5.91 Å². The third-order valence-corrected chi connectivity index (χ3v) is 2.93. The highest BCUT2D eigenvalue weighted by atomic mass is 16.5. The van der Waals surface area contributed by atoms with Crippen LogP contribution >= 0.6 is 0 Å². The molecular formula is C16H18N2O2. The molecule has 1 N–H and O–H groups in total. The number of ether oxygens (including phenoxy) is 1. The van der Waals surface area contributed by atoms with Crippen LogP contribution in [0.3, 0.4) is 0 Å². The first-order chi connectivity index (χ1) is 9.67. The van der Waals surface area contributed by atoms with Crippen LogP contribution < -0.4 is 10.1 Å². The minimum absolute atomic E-state index is 0.0362. The van der Waals surface area contributed by atoms with E-state index in [1.165, 1.54) is 0 Å². The summed E-state index contributed by atoms with van der Waals surface area (Å²) in [5.74, 6) is 1.37. The molecule has 0 aliphatic heterocycles. The number of nitrogens with zero attached hydrogens (tertiary/aromatic N) is 1. The second-order valence-electron chi connectivity index (χ2n) is 4.56. The van der Waals surface area contributed by atoms with Crippen LogP contribution in [0.4, 0.5) is 5.82 Å². The van der Waals surface area contributed by atoms with E-state index >= 15 is 0 Å². The van der Waals surface area contributed by atoms with E-state index in [1.54, 1.807) is 13.2 Å². The van der Waals surface area contributed by atoms with Gasteiger partial charge in [0.1, 0.15) is 11.6 Å². The molecule has 0 saturated carbocycles. The largest absolute Gasteiger partial charge is 0.497 e. The fraction of sp³-hybridized carbons (Fsp3) is 0.250. The molecule has 1 heterocycles. The van der Waals surface area contributed by atoms with Gasteiger partial charge in [0.25, 0.3) is 0 Å². The Balaban J connectivity index is 1.88. The molecular weight excluding hydrogens is 252 g/mol. The van der Waals surface area contributed by atoms with Crippen LogP contribution in [0.2, 0.25) is 0 Å². The van der Waals surface area contributed by atoms with E-state index in [9.17, 15) is 4.79 Å². The number of aryl methyl sites for hydroxylation is 2. The summed E-state index contributed by atoms with van der Waals surface area (Å²) in [7, 11) is 1.63. The summed E-state index contributed by atoms with van der Waals surface area (Å²) in [6, 6.07) is 13.3. The van der Waals surface area contributed by atoms with Crippen LogP contribution in [0.15, 0.2) is 42.5 Å². The van der Waals surface area contributed by atoms with Crippen molar-refractivity contribution in [2.75, 3.05) is 12.4 Å². The molecule has 0 atom stereocenters. The fourth-order valence-corrected chi connectivity index (χ4v) is 1.90. The topological polar surface area (TPSA) is 51.2 Å². The Bertz CT molecular complexity index is 597. The number of rotatable bonds is 5. The second kappa shape index (κ2) is 6.70. The van der Waals surface area contributed by atoms with Crippen LogP contribution in [0.25, 0.3) is 0 Å². The molecule has 4 nitrogen and oxygen atoms in total. The van der Waals surface area contributed by atoms with E-state index in [0.717, 1.165) is 17.0 Å². The van der Waals surface area contributed by atoms with E-state index in [2.05, 4.69) is 10.3 Å². The molecule has 0 radical (unpaired) electrons. The van der Waals surface area contributed by atoms with Crippen molar-refractivity contribution in [2.45, 2.75) is 19.8 Å². The molecule has 2 aromatic rings. The summed E-state index contributed by atoms with van der Waals surface area (Å²) >= 11 is 0. The average molecular weight is 270 g/mol. The van der Waals surface area contributed by atoms with Crippen LogP contribution in [-0.2, 0) is 11.2 Å². The lowest BCUT2D eigenvalue weighted by molar-refractivity contribution is -0.116. The normalized spacial score (nSPS) is 10.1. The van der Waals surface area contributed by atoms with Gasteiger partial charge >= 0.3 is 0 Å². The first-order valence-electron chi connectivity index (χ1n) is 6.54. The summed E-state index contributed by atoms with van der Waals surface area (Å²) in [6.07, 6.45) is 1.09. The van der Waals surface area contributed by atoms with Crippen LogP contribution in [0.1, 0.15) is 17.7 Å². The van der Waals surface area contributed by atoms with Crippen molar-refractivity contribution in [1.29, 1.82) is 0 Å². The standard InChI is InChI=1S/C16H18N2O2/c1-12-5-3-8-15(17-12)18-16(19)10-9-13-6-4-7-14(11-13)20-2/h3-8,11H,9-10H2,1-2H3,(H,17,18,19). The van der Waals surface area contributed by atoms with Crippen LogP contribution in [0, 0.1) is 6.92 Å². The molecule has 1 aromatic carbocycles. The maximum atomic E-state index is 11.9. The maximum Gasteiger partial charge on any atom is 0.225 e. The van der Waals surface area contributed by atoms with Crippen molar-refractivity contribution in [3.8, 4) is 5.75 Å². The Labute approximate surface area is 118 Å². The molecule has 1 aromatic heterocycles. The highest BCUT2D eigenvalue weighted by molar-refractivity contribution is 5.89. The van der Waals surface area contributed by atoms with Crippen molar-refractivity contribution in [3.05, 3.63) is 53.7 Å². The number of hydrogen-bond donors (Lipinski definition) is 1. The molecule has 0 fully saturated rings. The Morgan fingerprint density at radius 3 is 2.80 bits per heavy atom. The van der Waals surface area contributed by atoms with E-state index in [4.69, 9.17) is 4.74 Å². The summed E-state index contributed by atoms with van der Waals surface area (Å²) in [5, 5.41) is 2.80. The molecule has 104 valence electrons. The molecule has 0 unspecified atom stereocenters. The smallest absolute Gasteiger partial charge is 0.225 e. The number of amides is 1. The van der Waals surface area contributed by atoms with Gasteiger partial charge in [-0.3, -0.25) is 4.79 Å². The van der Waals surface area contributed by atoms with Gasteiger partial charge < -0.3 is 10.1 Å². The Morgan fingerprint density at radius 1 is 1.25 bits per heavy atom. The van der Waals surface area contributed by atoms with Gasteiger partial charge in [0.2, 0.25) is 5.91 Å². The fourth-order valence-electron chi connectivity index (χ4n) is 1.90. The van der Waals surface area contributed by atoms with Gasteiger partial charge in [0.15, 0.2) is 0 Å². The maximum absolute atomic E-state index is 11.9. The van der Waals surface area contributed by atoms with E-state index in [0.29, 0.717) is 18.7 Å². The van der Waals surface area contributed by atoms with E-state index < -0.39 is 0 Å². The molecule has 4 heteroatoms. The zero-order chi connectivity index (χ0) is 14.4. The highest BCUT2D eigenvalue weighted by Crippen LogP contribution is 2.14. The van der Waals surface area contributed by atoms with Gasteiger partial charge in [-0.25, -0.2) is 4.98 Å². The molecule has 0 aliphatic carbocycles. The molecule has 20 heavy (non-hydrogen) atoms. The minimum atomic E-state index is -0.0362. The predicted molar refractivity (Wildman–Crippen MR) is 78.9 cm³/mol. The van der Waals surface area contributed by atoms with Gasteiger partial charge in [-0.15, -0.1) is 0 Å². The van der Waals surface area contributed by atoms with Gasteiger partial charge in [-0.05, 0) is 43.2 Å². The first kappa shape index (κ1) is 14.1. The summed E-state index contributed by atoms with van der Waals surface area (Å²) in [4.78, 5) is 16.1. The van der Waals surface area contributed by atoms with Gasteiger partial charge in [-0.1, -0.05) is 18.2 Å². The summed E-state index contributed by atoms with van der Waals surface area (Å²) in [6.45, 7) is 1.89. The van der Waals surface area contributed by atoms with Crippen molar-refractivity contribution in [2.24, 2.45) is 0 Å².